The average Bonchev–Trinajstić information content (AvgIpc) is 2.48. The predicted molar refractivity (Wildman–Crippen MR) is 79.6 cm³/mol. The van der Waals surface area contributed by atoms with Crippen LogP contribution in [0.4, 0.5) is 0 Å². The summed E-state index contributed by atoms with van der Waals surface area (Å²) in [6, 6.07) is -0.836. The maximum absolute atomic E-state index is 11.5. The standard InChI is InChI=1S/C11H19N5O5S/c12-7(6-22-2-1-17)11(21)16-5-10(20)15-4-9(19)14-3-8(13)18/h1,7H,2-6,12H2,(H2,13,18)(H,14,19)(H,15,20)(H,16,21)/t7-/m1/s1. The molecule has 0 saturated heterocycles. The summed E-state index contributed by atoms with van der Waals surface area (Å²) < 4.78 is 0. The van der Waals surface area contributed by atoms with E-state index in [9.17, 15) is 24.0 Å². The smallest absolute Gasteiger partial charge is 0.239 e. The molecule has 0 aromatic rings. The molecule has 0 saturated carbocycles. The first-order chi connectivity index (χ1) is 10.4. The van der Waals surface area contributed by atoms with Gasteiger partial charge in [-0.05, 0) is 0 Å². The fraction of sp³-hybridized carbons (Fsp3) is 0.545. The van der Waals surface area contributed by atoms with Crippen molar-refractivity contribution >= 4 is 41.7 Å². The van der Waals surface area contributed by atoms with Gasteiger partial charge in [-0.15, -0.1) is 0 Å². The van der Waals surface area contributed by atoms with E-state index in [0.29, 0.717) is 6.29 Å². The molecule has 124 valence electrons. The van der Waals surface area contributed by atoms with Crippen LogP contribution < -0.4 is 27.4 Å². The SMILES string of the molecule is NC(=O)CNC(=O)CNC(=O)CNC(=O)[C@H](N)CSCC=O. The van der Waals surface area contributed by atoms with Crippen molar-refractivity contribution in [2.45, 2.75) is 6.04 Å². The number of hydrogen-bond donors (Lipinski definition) is 5. The summed E-state index contributed by atoms with van der Waals surface area (Å²) >= 11 is 1.20. The monoisotopic (exact) mass is 333 g/mol. The number of primary amides is 1. The van der Waals surface area contributed by atoms with Crippen molar-refractivity contribution in [3.05, 3.63) is 0 Å². The number of nitrogens with two attached hydrogens (primary N) is 2. The van der Waals surface area contributed by atoms with Gasteiger partial charge in [-0.2, -0.15) is 11.8 Å². The highest BCUT2D eigenvalue weighted by molar-refractivity contribution is 7.99. The van der Waals surface area contributed by atoms with Crippen LogP contribution >= 0.6 is 11.8 Å². The molecule has 0 aromatic heterocycles. The van der Waals surface area contributed by atoms with E-state index in [-0.39, 0.29) is 31.1 Å². The van der Waals surface area contributed by atoms with Crippen molar-refractivity contribution < 1.29 is 24.0 Å². The van der Waals surface area contributed by atoms with Gasteiger partial charge in [0.05, 0.1) is 25.7 Å². The van der Waals surface area contributed by atoms with Gasteiger partial charge >= 0.3 is 0 Å². The van der Waals surface area contributed by atoms with Gasteiger partial charge in [0, 0.05) is 11.5 Å². The molecule has 1 atom stereocenters. The van der Waals surface area contributed by atoms with E-state index in [0.717, 1.165) is 0 Å². The molecule has 0 aliphatic rings. The maximum Gasteiger partial charge on any atom is 0.239 e. The molecule has 7 N–H and O–H groups in total. The van der Waals surface area contributed by atoms with E-state index in [1.807, 2.05) is 0 Å². The van der Waals surface area contributed by atoms with E-state index in [2.05, 4.69) is 16.0 Å². The molecule has 0 rings (SSSR count). The Morgan fingerprint density at radius 3 is 2.09 bits per heavy atom. The summed E-state index contributed by atoms with van der Waals surface area (Å²) in [5.41, 5.74) is 10.4. The Labute approximate surface area is 131 Å². The van der Waals surface area contributed by atoms with Gasteiger partial charge in [0.1, 0.15) is 6.29 Å². The van der Waals surface area contributed by atoms with Gasteiger partial charge in [0.25, 0.3) is 0 Å². The zero-order valence-electron chi connectivity index (χ0n) is 11.8. The van der Waals surface area contributed by atoms with Crippen LogP contribution in [0.1, 0.15) is 0 Å². The first kappa shape index (κ1) is 19.9. The molecular weight excluding hydrogens is 314 g/mol. The summed E-state index contributed by atoms with van der Waals surface area (Å²) in [4.78, 5) is 54.6. The number of nitrogens with one attached hydrogen (secondary N) is 3. The minimum Gasteiger partial charge on any atom is -0.368 e. The zero-order chi connectivity index (χ0) is 17.0. The molecule has 0 heterocycles. The Morgan fingerprint density at radius 2 is 1.55 bits per heavy atom. The molecule has 11 heteroatoms. The minimum atomic E-state index is -0.836. The quantitative estimate of drug-likeness (QED) is 0.190. The fourth-order valence-corrected chi connectivity index (χ4v) is 1.74. The van der Waals surface area contributed by atoms with Gasteiger partial charge in [0.2, 0.25) is 23.6 Å². The van der Waals surface area contributed by atoms with Crippen molar-refractivity contribution in [3.63, 3.8) is 0 Å². The highest BCUT2D eigenvalue weighted by Gasteiger charge is 2.14. The average molecular weight is 333 g/mol. The number of hydrogen-bond acceptors (Lipinski definition) is 7. The van der Waals surface area contributed by atoms with Crippen LogP contribution in [0.2, 0.25) is 0 Å². The van der Waals surface area contributed by atoms with Gasteiger partial charge in [-0.1, -0.05) is 0 Å². The van der Waals surface area contributed by atoms with Crippen molar-refractivity contribution in [2.24, 2.45) is 11.5 Å². The fourth-order valence-electron chi connectivity index (χ4n) is 1.11. The summed E-state index contributed by atoms with van der Waals surface area (Å²) in [6.45, 7) is -1.00. The molecule has 0 spiro atoms. The number of thioether (sulfide) groups is 1. The number of carbonyl (C=O) groups is 5. The van der Waals surface area contributed by atoms with Crippen LogP contribution in [0.15, 0.2) is 0 Å². The van der Waals surface area contributed by atoms with Gasteiger partial charge in [0.15, 0.2) is 0 Å². The topological polar surface area (TPSA) is 173 Å². The van der Waals surface area contributed by atoms with Crippen LogP contribution in [-0.4, -0.2) is 67.1 Å². The molecule has 0 aliphatic heterocycles. The molecular formula is C11H19N5O5S. The highest BCUT2D eigenvalue weighted by atomic mass is 32.2. The lowest BCUT2D eigenvalue weighted by Crippen LogP contribution is -2.47. The van der Waals surface area contributed by atoms with Crippen molar-refractivity contribution in [1.82, 2.24) is 16.0 Å². The Morgan fingerprint density at radius 1 is 1.00 bits per heavy atom. The maximum atomic E-state index is 11.5. The summed E-state index contributed by atoms with van der Waals surface area (Å²) in [6.07, 6.45) is 0.700. The molecule has 4 amide bonds. The lowest BCUT2D eigenvalue weighted by Gasteiger charge is -2.11. The normalized spacial score (nSPS) is 11.1. The largest absolute Gasteiger partial charge is 0.368 e. The van der Waals surface area contributed by atoms with Crippen molar-refractivity contribution in [1.29, 1.82) is 0 Å². The van der Waals surface area contributed by atoms with Crippen LogP contribution in [0.3, 0.4) is 0 Å². The van der Waals surface area contributed by atoms with E-state index in [4.69, 9.17) is 11.5 Å². The van der Waals surface area contributed by atoms with Crippen LogP contribution in [0, 0.1) is 0 Å². The van der Waals surface area contributed by atoms with Crippen LogP contribution in [0.25, 0.3) is 0 Å². The predicted octanol–water partition coefficient (Wildman–Crippen LogP) is -3.92. The van der Waals surface area contributed by atoms with Crippen molar-refractivity contribution in [3.8, 4) is 0 Å². The third-order valence-electron chi connectivity index (χ3n) is 2.15. The van der Waals surface area contributed by atoms with Crippen LogP contribution in [-0.2, 0) is 24.0 Å². The minimum absolute atomic E-state index is 0.238. The molecule has 0 fully saturated rings. The summed E-state index contributed by atoms with van der Waals surface area (Å²) in [7, 11) is 0. The molecule has 0 bridgehead atoms. The third kappa shape index (κ3) is 10.6. The highest BCUT2D eigenvalue weighted by Crippen LogP contribution is 1.99. The zero-order valence-corrected chi connectivity index (χ0v) is 12.6. The number of carbonyl (C=O) groups excluding carboxylic acids is 5. The first-order valence-electron chi connectivity index (χ1n) is 6.23. The second kappa shape index (κ2) is 11.5. The second-order valence-electron chi connectivity index (χ2n) is 4.05. The second-order valence-corrected chi connectivity index (χ2v) is 5.12. The van der Waals surface area contributed by atoms with E-state index < -0.39 is 29.7 Å². The van der Waals surface area contributed by atoms with Gasteiger partial charge < -0.3 is 32.2 Å². The van der Waals surface area contributed by atoms with Gasteiger partial charge in [-0.25, -0.2) is 0 Å². The molecule has 0 radical (unpaired) electrons. The molecule has 10 nitrogen and oxygen atoms in total. The van der Waals surface area contributed by atoms with E-state index >= 15 is 0 Å². The van der Waals surface area contributed by atoms with Crippen molar-refractivity contribution in [2.75, 3.05) is 31.1 Å². The Bertz CT molecular complexity index is 431. The molecule has 0 aliphatic carbocycles. The first-order valence-corrected chi connectivity index (χ1v) is 7.38. The van der Waals surface area contributed by atoms with Crippen LogP contribution in [0.5, 0.6) is 0 Å². The molecule has 0 unspecified atom stereocenters. The lowest BCUT2D eigenvalue weighted by atomic mass is 10.3. The Balaban J connectivity index is 3.83. The third-order valence-corrected chi connectivity index (χ3v) is 3.12. The summed E-state index contributed by atoms with van der Waals surface area (Å²) in [5, 5.41) is 6.72. The molecule has 22 heavy (non-hydrogen) atoms. The molecule has 0 aromatic carbocycles. The Kier molecular flexibility index (Phi) is 10.4. The Hall–Kier alpha value is -2.14. The number of amides is 4. The number of aldehydes is 1. The summed E-state index contributed by atoms with van der Waals surface area (Å²) in [5.74, 6) is -1.92. The lowest BCUT2D eigenvalue weighted by molar-refractivity contribution is -0.128. The van der Waals surface area contributed by atoms with Gasteiger partial charge in [-0.3, -0.25) is 19.2 Å². The van der Waals surface area contributed by atoms with E-state index in [1.54, 1.807) is 0 Å². The van der Waals surface area contributed by atoms with E-state index in [1.165, 1.54) is 11.8 Å². The number of rotatable bonds is 11.